The third-order valence-corrected chi connectivity index (χ3v) is 3.68. The lowest BCUT2D eigenvalue weighted by Crippen LogP contribution is -2.30. The largest absolute Gasteiger partial charge is 0.414 e. The van der Waals surface area contributed by atoms with E-state index >= 15 is 0 Å². The Labute approximate surface area is 146 Å². The molecule has 11 heteroatoms. The minimum Gasteiger partial charge on any atom is -0.383 e. The van der Waals surface area contributed by atoms with Crippen LogP contribution in [-0.4, -0.2) is 44.2 Å². The van der Waals surface area contributed by atoms with Crippen LogP contribution in [-0.2, 0) is 5.54 Å². The van der Waals surface area contributed by atoms with E-state index in [0.717, 1.165) is 6.08 Å². The number of nitrogens with one attached hydrogen (secondary N) is 1. The molecule has 8 nitrogen and oxygen atoms in total. The number of carbonyl (C=O) groups excluding carboxylic acids is 1. The highest BCUT2D eigenvalue weighted by molar-refractivity contribution is 6.15. The molecule has 1 aliphatic heterocycles. The Morgan fingerprint density at radius 2 is 1.96 bits per heavy atom. The van der Waals surface area contributed by atoms with E-state index in [1.165, 1.54) is 11.0 Å². The van der Waals surface area contributed by atoms with Crippen LogP contribution in [0.25, 0.3) is 11.0 Å². The van der Waals surface area contributed by atoms with Crippen LogP contribution in [0.1, 0.15) is 31.3 Å². The molecular formula is C15H16F3N7O. The second kappa shape index (κ2) is 5.78. The fourth-order valence-electron chi connectivity index (χ4n) is 2.45. The van der Waals surface area contributed by atoms with Gasteiger partial charge in [-0.05, 0) is 26.8 Å². The molecule has 0 fully saturated rings. The molecule has 26 heavy (non-hydrogen) atoms. The summed E-state index contributed by atoms with van der Waals surface area (Å²) in [5.74, 6) is -0.871. The highest BCUT2D eigenvalue weighted by Gasteiger charge is 2.36. The van der Waals surface area contributed by atoms with E-state index in [1.807, 2.05) is 20.8 Å². The van der Waals surface area contributed by atoms with Gasteiger partial charge in [0, 0.05) is 0 Å². The molecule has 0 aromatic carbocycles. The molecule has 1 aliphatic rings. The molecular weight excluding hydrogens is 351 g/mol. The van der Waals surface area contributed by atoms with E-state index in [0.29, 0.717) is 5.65 Å². The minimum atomic E-state index is -4.49. The van der Waals surface area contributed by atoms with Crippen LogP contribution in [0.2, 0.25) is 0 Å². The zero-order chi connectivity index (χ0) is 19.3. The van der Waals surface area contributed by atoms with Crippen LogP contribution in [0.5, 0.6) is 0 Å². The van der Waals surface area contributed by atoms with Crippen LogP contribution in [0.4, 0.5) is 19.0 Å². The van der Waals surface area contributed by atoms with Gasteiger partial charge in [0.2, 0.25) is 0 Å². The zero-order valence-electron chi connectivity index (χ0n) is 14.2. The minimum absolute atomic E-state index is 0.0514. The fraction of sp³-hybridized carbons (Fsp3) is 0.400. The number of nitrogen functional groups attached to an aromatic ring is 1. The Morgan fingerprint density at radius 1 is 1.27 bits per heavy atom. The van der Waals surface area contributed by atoms with Crippen LogP contribution < -0.4 is 11.1 Å². The average Bonchev–Trinajstić information content (AvgIpc) is 3.11. The summed E-state index contributed by atoms with van der Waals surface area (Å²) in [6, 6.07) is 0. The second-order valence-electron chi connectivity index (χ2n) is 6.71. The van der Waals surface area contributed by atoms with Gasteiger partial charge in [-0.1, -0.05) is 0 Å². The number of hydrogen-bond acceptors (Lipinski definition) is 6. The Hall–Kier alpha value is -2.98. The molecule has 0 spiro atoms. The lowest BCUT2D eigenvalue weighted by molar-refractivity contribution is -0.0916. The predicted molar refractivity (Wildman–Crippen MR) is 88.6 cm³/mol. The van der Waals surface area contributed by atoms with E-state index in [4.69, 9.17) is 5.73 Å². The van der Waals surface area contributed by atoms with Gasteiger partial charge in [0.15, 0.2) is 11.3 Å². The van der Waals surface area contributed by atoms with Gasteiger partial charge >= 0.3 is 6.18 Å². The standard InChI is InChI=1S/C15H16F3N7O/c1-14(2,3)25-12-9(11(19)21-6-22-12)10(24-25)13(26)23-8-4-7(5-20-8)15(16,17)18/h4,6H,5H2,1-3H3,(H2,19,21,22)(H,20,23,26). The normalized spacial score (nSPS) is 15.2. The lowest BCUT2D eigenvalue weighted by atomic mass is 10.1. The number of aromatic nitrogens is 4. The fourth-order valence-corrected chi connectivity index (χ4v) is 2.45. The molecule has 3 heterocycles. The summed E-state index contributed by atoms with van der Waals surface area (Å²) in [5.41, 5.74) is 4.80. The third-order valence-electron chi connectivity index (χ3n) is 3.68. The molecule has 0 radical (unpaired) electrons. The van der Waals surface area contributed by atoms with E-state index < -0.39 is 29.7 Å². The maximum absolute atomic E-state index is 12.7. The number of amides is 1. The van der Waals surface area contributed by atoms with Crippen molar-refractivity contribution in [1.82, 2.24) is 25.1 Å². The highest BCUT2D eigenvalue weighted by Crippen LogP contribution is 2.28. The summed E-state index contributed by atoms with van der Waals surface area (Å²) < 4.78 is 39.6. The number of halogens is 3. The summed E-state index contributed by atoms with van der Waals surface area (Å²) in [6.45, 7) is 5.04. The number of aliphatic imine (C=N–C) groups is 1. The predicted octanol–water partition coefficient (Wildman–Crippen LogP) is 1.79. The molecule has 0 unspecified atom stereocenters. The topological polar surface area (TPSA) is 111 Å². The molecule has 138 valence electrons. The van der Waals surface area contributed by atoms with E-state index in [-0.39, 0.29) is 22.7 Å². The van der Waals surface area contributed by atoms with Crippen molar-refractivity contribution in [2.45, 2.75) is 32.5 Å². The van der Waals surface area contributed by atoms with Crippen molar-refractivity contribution in [2.75, 3.05) is 12.3 Å². The van der Waals surface area contributed by atoms with Crippen molar-refractivity contribution < 1.29 is 18.0 Å². The Balaban J connectivity index is 1.99. The SMILES string of the molecule is CC(C)(C)n1nc(C(=O)NC2=NCC(C(F)(F)F)=C2)c2c(N)ncnc21. The summed E-state index contributed by atoms with van der Waals surface area (Å²) in [6.07, 6.45) is -2.45. The second-order valence-corrected chi connectivity index (χ2v) is 6.71. The number of amidine groups is 1. The summed E-state index contributed by atoms with van der Waals surface area (Å²) >= 11 is 0. The van der Waals surface area contributed by atoms with Crippen LogP contribution in [0, 0.1) is 0 Å². The summed E-state index contributed by atoms with van der Waals surface area (Å²) in [5, 5.41) is 6.82. The van der Waals surface area contributed by atoms with Crippen LogP contribution >= 0.6 is 0 Å². The Bertz CT molecular complexity index is 951. The maximum atomic E-state index is 12.7. The first-order valence-corrected chi connectivity index (χ1v) is 7.61. The van der Waals surface area contributed by atoms with Crippen molar-refractivity contribution in [3.8, 4) is 0 Å². The van der Waals surface area contributed by atoms with Gasteiger partial charge in [-0.15, -0.1) is 0 Å². The first-order valence-electron chi connectivity index (χ1n) is 7.61. The monoisotopic (exact) mass is 367 g/mol. The maximum Gasteiger partial charge on any atom is 0.414 e. The van der Waals surface area contributed by atoms with E-state index in [2.05, 4.69) is 25.4 Å². The molecule has 3 N–H and O–H groups in total. The van der Waals surface area contributed by atoms with Crippen LogP contribution in [0.15, 0.2) is 23.0 Å². The third kappa shape index (κ3) is 3.11. The first-order chi connectivity index (χ1) is 12.0. The van der Waals surface area contributed by atoms with E-state index in [9.17, 15) is 18.0 Å². The van der Waals surface area contributed by atoms with Crippen molar-refractivity contribution in [3.63, 3.8) is 0 Å². The molecule has 2 aromatic heterocycles. The number of nitrogens with zero attached hydrogens (tertiary/aromatic N) is 5. The Morgan fingerprint density at radius 3 is 2.54 bits per heavy atom. The van der Waals surface area contributed by atoms with Gasteiger partial charge in [0.05, 0.1) is 23.0 Å². The van der Waals surface area contributed by atoms with Gasteiger partial charge in [0.25, 0.3) is 5.91 Å². The number of anilines is 1. The van der Waals surface area contributed by atoms with Gasteiger partial charge in [-0.25, -0.2) is 14.6 Å². The number of nitrogens with two attached hydrogens (primary N) is 1. The molecule has 0 bridgehead atoms. The van der Waals surface area contributed by atoms with Crippen molar-refractivity contribution in [2.24, 2.45) is 4.99 Å². The highest BCUT2D eigenvalue weighted by atomic mass is 19.4. The smallest absolute Gasteiger partial charge is 0.383 e. The van der Waals surface area contributed by atoms with Crippen LogP contribution in [0.3, 0.4) is 0 Å². The molecule has 3 rings (SSSR count). The summed E-state index contributed by atoms with van der Waals surface area (Å²) in [7, 11) is 0. The van der Waals surface area contributed by atoms with Crippen molar-refractivity contribution >= 4 is 28.6 Å². The van der Waals surface area contributed by atoms with Crippen molar-refractivity contribution in [3.05, 3.63) is 23.7 Å². The quantitative estimate of drug-likeness (QED) is 0.798. The lowest BCUT2D eigenvalue weighted by Gasteiger charge is -2.19. The average molecular weight is 367 g/mol. The number of carbonyl (C=O) groups is 1. The molecule has 1 amide bonds. The van der Waals surface area contributed by atoms with Gasteiger partial charge in [0.1, 0.15) is 18.0 Å². The molecule has 0 atom stereocenters. The first kappa shape index (κ1) is 17.8. The van der Waals surface area contributed by atoms with Gasteiger partial charge in [-0.3, -0.25) is 9.79 Å². The zero-order valence-corrected chi connectivity index (χ0v) is 14.2. The number of rotatable bonds is 1. The number of hydrogen-bond donors (Lipinski definition) is 2. The molecule has 0 aliphatic carbocycles. The molecule has 2 aromatic rings. The van der Waals surface area contributed by atoms with E-state index in [1.54, 1.807) is 0 Å². The number of alkyl halides is 3. The van der Waals surface area contributed by atoms with Crippen molar-refractivity contribution in [1.29, 1.82) is 0 Å². The van der Waals surface area contributed by atoms with Gasteiger partial charge < -0.3 is 11.1 Å². The number of fused-ring (bicyclic) bond motifs is 1. The van der Waals surface area contributed by atoms with Gasteiger partial charge in [-0.2, -0.15) is 18.3 Å². The Kier molecular flexibility index (Phi) is 3.97. The molecule has 0 saturated carbocycles. The molecule has 0 saturated heterocycles. The summed E-state index contributed by atoms with van der Waals surface area (Å²) in [4.78, 5) is 24.2.